The summed E-state index contributed by atoms with van der Waals surface area (Å²) in [6, 6.07) is 2.62. The van der Waals surface area contributed by atoms with Gasteiger partial charge in [-0.1, -0.05) is 11.6 Å². The summed E-state index contributed by atoms with van der Waals surface area (Å²) in [6.45, 7) is -0.219. The topological polar surface area (TPSA) is 29.5 Å². The highest BCUT2D eigenvalue weighted by molar-refractivity contribution is 6.32. The summed E-state index contributed by atoms with van der Waals surface area (Å²) in [7, 11) is 1.37. The molecular formula is C8H8ClFO2. The minimum absolute atomic E-state index is 0.0935. The van der Waals surface area contributed by atoms with E-state index >= 15 is 0 Å². The summed E-state index contributed by atoms with van der Waals surface area (Å²) in [5, 5.41) is 8.71. The van der Waals surface area contributed by atoms with Crippen molar-refractivity contribution in [2.45, 2.75) is 6.61 Å². The van der Waals surface area contributed by atoms with Crippen LogP contribution in [0.25, 0.3) is 0 Å². The Hall–Kier alpha value is -0.800. The predicted molar refractivity (Wildman–Crippen MR) is 43.9 cm³/mol. The van der Waals surface area contributed by atoms with Crippen molar-refractivity contribution in [2.75, 3.05) is 7.11 Å². The monoisotopic (exact) mass is 190 g/mol. The quantitative estimate of drug-likeness (QED) is 0.773. The lowest BCUT2D eigenvalue weighted by atomic mass is 10.2. The average Bonchev–Trinajstić information content (AvgIpc) is 2.09. The Morgan fingerprint density at radius 1 is 1.58 bits per heavy atom. The number of ether oxygens (including phenoxy) is 1. The van der Waals surface area contributed by atoms with Crippen LogP contribution in [0.15, 0.2) is 12.1 Å². The minimum Gasteiger partial charge on any atom is -0.495 e. The van der Waals surface area contributed by atoms with Crippen molar-refractivity contribution < 1.29 is 14.2 Å². The number of rotatable bonds is 2. The third-order valence-electron chi connectivity index (χ3n) is 1.51. The lowest BCUT2D eigenvalue weighted by Gasteiger charge is -2.07. The van der Waals surface area contributed by atoms with E-state index in [2.05, 4.69) is 0 Å². The molecule has 0 aromatic heterocycles. The van der Waals surface area contributed by atoms with Gasteiger partial charge in [-0.15, -0.1) is 0 Å². The van der Waals surface area contributed by atoms with Gasteiger partial charge in [-0.3, -0.25) is 0 Å². The van der Waals surface area contributed by atoms with E-state index < -0.39 is 5.82 Å². The van der Waals surface area contributed by atoms with Gasteiger partial charge >= 0.3 is 0 Å². The van der Waals surface area contributed by atoms with E-state index in [1.54, 1.807) is 0 Å². The average molecular weight is 191 g/mol. The van der Waals surface area contributed by atoms with Crippen molar-refractivity contribution in [3.8, 4) is 5.75 Å². The molecule has 12 heavy (non-hydrogen) atoms. The van der Waals surface area contributed by atoms with Crippen LogP contribution in [0.1, 0.15) is 5.56 Å². The molecule has 66 valence electrons. The predicted octanol–water partition coefficient (Wildman–Crippen LogP) is 1.98. The van der Waals surface area contributed by atoms with Gasteiger partial charge in [0.05, 0.1) is 13.7 Å². The molecule has 0 fully saturated rings. The first kappa shape index (κ1) is 9.29. The van der Waals surface area contributed by atoms with Crippen molar-refractivity contribution in [3.05, 3.63) is 28.5 Å². The van der Waals surface area contributed by atoms with E-state index in [1.807, 2.05) is 0 Å². The molecule has 0 heterocycles. The molecule has 0 aliphatic carbocycles. The van der Waals surface area contributed by atoms with E-state index in [0.29, 0.717) is 5.56 Å². The molecule has 0 spiro atoms. The van der Waals surface area contributed by atoms with Crippen LogP contribution in [0.4, 0.5) is 4.39 Å². The van der Waals surface area contributed by atoms with E-state index in [9.17, 15) is 4.39 Å². The van der Waals surface area contributed by atoms with Gasteiger partial charge in [0.1, 0.15) is 16.6 Å². The van der Waals surface area contributed by atoms with E-state index in [-0.39, 0.29) is 17.4 Å². The van der Waals surface area contributed by atoms with E-state index in [1.165, 1.54) is 19.2 Å². The summed E-state index contributed by atoms with van der Waals surface area (Å²) in [5.41, 5.74) is 0.476. The van der Waals surface area contributed by atoms with E-state index in [4.69, 9.17) is 21.4 Å². The minimum atomic E-state index is -0.550. The molecule has 0 unspecified atom stereocenters. The fourth-order valence-electron chi connectivity index (χ4n) is 0.917. The van der Waals surface area contributed by atoms with Gasteiger partial charge in [0.2, 0.25) is 0 Å². The molecular weight excluding hydrogens is 183 g/mol. The second kappa shape index (κ2) is 3.74. The van der Waals surface area contributed by atoms with Gasteiger partial charge in [-0.25, -0.2) is 4.39 Å². The van der Waals surface area contributed by atoms with Crippen molar-refractivity contribution in [1.29, 1.82) is 0 Å². The molecule has 0 amide bonds. The molecule has 2 nitrogen and oxygen atoms in total. The number of aliphatic hydroxyl groups excluding tert-OH is 1. The Bertz CT molecular complexity index is 289. The fourth-order valence-corrected chi connectivity index (χ4v) is 1.18. The maximum Gasteiger partial charge on any atom is 0.145 e. The van der Waals surface area contributed by atoms with Gasteiger partial charge in [0, 0.05) is 5.56 Å². The highest BCUT2D eigenvalue weighted by atomic mass is 35.5. The molecule has 0 saturated heterocycles. The first-order chi connectivity index (χ1) is 5.70. The number of methoxy groups -OCH3 is 1. The summed E-state index contributed by atoms with van der Waals surface area (Å²) >= 11 is 5.57. The van der Waals surface area contributed by atoms with Crippen molar-refractivity contribution in [2.24, 2.45) is 0 Å². The van der Waals surface area contributed by atoms with Gasteiger partial charge in [0.15, 0.2) is 0 Å². The van der Waals surface area contributed by atoms with Crippen molar-refractivity contribution in [3.63, 3.8) is 0 Å². The number of hydrogen-bond acceptors (Lipinski definition) is 2. The standard InChI is InChI=1S/C8H8ClFO2/c1-12-8-5(4-11)2-3-6(10)7(8)9/h2-3,11H,4H2,1H3. The van der Waals surface area contributed by atoms with Crippen molar-refractivity contribution >= 4 is 11.6 Å². The van der Waals surface area contributed by atoms with E-state index in [0.717, 1.165) is 0 Å². The van der Waals surface area contributed by atoms with Gasteiger partial charge < -0.3 is 9.84 Å². The van der Waals surface area contributed by atoms with Crippen LogP contribution in [0.3, 0.4) is 0 Å². The zero-order valence-corrected chi connectivity index (χ0v) is 7.23. The van der Waals surface area contributed by atoms with Gasteiger partial charge in [-0.2, -0.15) is 0 Å². The molecule has 4 heteroatoms. The van der Waals surface area contributed by atoms with Crippen LogP contribution in [0.2, 0.25) is 5.02 Å². The second-order valence-electron chi connectivity index (χ2n) is 2.21. The van der Waals surface area contributed by atoms with Crippen LogP contribution >= 0.6 is 11.6 Å². The third kappa shape index (κ3) is 1.52. The molecule has 1 N–H and O–H groups in total. The first-order valence-electron chi connectivity index (χ1n) is 3.32. The van der Waals surface area contributed by atoms with Crippen LogP contribution in [-0.4, -0.2) is 12.2 Å². The lowest BCUT2D eigenvalue weighted by molar-refractivity contribution is 0.273. The Morgan fingerprint density at radius 3 is 2.75 bits per heavy atom. The maximum absolute atomic E-state index is 12.8. The number of benzene rings is 1. The Labute approximate surface area is 74.5 Å². The molecule has 0 saturated carbocycles. The lowest BCUT2D eigenvalue weighted by Crippen LogP contribution is -1.94. The summed E-state index contributed by atoms with van der Waals surface area (Å²) < 4.78 is 17.6. The summed E-state index contributed by atoms with van der Waals surface area (Å²) in [5.74, 6) is -0.357. The van der Waals surface area contributed by atoms with Crippen LogP contribution < -0.4 is 4.74 Å². The summed E-state index contributed by atoms with van der Waals surface area (Å²) in [6.07, 6.45) is 0. The highest BCUT2D eigenvalue weighted by Crippen LogP contribution is 2.30. The highest BCUT2D eigenvalue weighted by Gasteiger charge is 2.10. The third-order valence-corrected chi connectivity index (χ3v) is 1.86. The smallest absolute Gasteiger partial charge is 0.145 e. The van der Waals surface area contributed by atoms with Crippen LogP contribution in [-0.2, 0) is 6.61 Å². The van der Waals surface area contributed by atoms with Gasteiger partial charge in [-0.05, 0) is 12.1 Å². The Morgan fingerprint density at radius 2 is 2.25 bits per heavy atom. The van der Waals surface area contributed by atoms with Crippen molar-refractivity contribution in [1.82, 2.24) is 0 Å². The molecule has 1 aromatic rings. The second-order valence-corrected chi connectivity index (χ2v) is 2.59. The Balaban J connectivity index is 3.25. The zero-order chi connectivity index (χ0) is 9.14. The van der Waals surface area contributed by atoms with Crippen LogP contribution in [0, 0.1) is 5.82 Å². The number of halogens is 2. The molecule has 0 aliphatic heterocycles. The number of aliphatic hydroxyl groups is 1. The molecule has 0 radical (unpaired) electrons. The van der Waals surface area contributed by atoms with Crippen LogP contribution in [0.5, 0.6) is 5.75 Å². The molecule has 1 rings (SSSR count). The zero-order valence-electron chi connectivity index (χ0n) is 6.47. The maximum atomic E-state index is 12.8. The Kier molecular flexibility index (Phi) is 2.89. The molecule has 0 atom stereocenters. The first-order valence-corrected chi connectivity index (χ1v) is 3.70. The summed E-state index contributed by atoms with van der Waals surface area (Å²) in [4.78, 5) is 0. The molecule has 1 aromatic carbocycles. The number of hydrogen-bond donors (Lipinski definition) is 1. The largest absolute Gasteiger partial charge is 0.495 e. The fraction of sp³-hybridized carbons (Fsp3) is 0.250. The normalized spacial score (nSPS) is 10.0. The SMILES string of the molecule is COc1c(CO)ccc(F)c1Cl. The molecule has 0 aliphatic rings. The molecule has 0 bridgehead atoms. The van der Waals surface area contributed by atoms with Gasteiger partial charge in [0.25, 0.3) is 0 Å².